The van der Waals surface area contributed by atoms with E-state index in [1.165, 1.54) is 5.56 Å². The first-order valence-corrected chi connectivity index (χ1v) is 10.6. The topological polar surface area (TPSA) is 44.1 Å². The molecule has 0 atom stereocenters. The maximum Gasteiger partial charge on any atom is 0.263 e. The monoisotopic (exact) mass is 404 g/mol. The van der Waals surface area contributed by atoms with E-state index < -0.39 is 0 Å². The molecule has 0 unspecified atom stereocenters. The average Bonchev–Trinajstić information content (AvgIpc) is 3.03. The van der Waals surface area contributed by atoms with Gasteiger partial charge in [-0.05, 0) is 56.5 Å². The van der Waals surface area contributed by atoms with Crippen LogP contribution in [0.25, 0.3) is 21.3 Å². The normalized spacial score (nSPS) is 11.2. The lowest BCUT2D eigenvalue weighted by Crippen LogP contribution is -2.24. The fourth-order valence-corrected chi connectivity index (χ4v) is 4.75. The Kier molecular flexibility index (Phi) is 5.24. The van der Waals surface area contributed by atoms with Gasteiger partial charge in [0.05, 0.1) is 18.5 Å². The summed E-state index contributed by atoms with van der Waals surface area (Å²) >= 11 is 1.58. The molecule has 0 aliphatic rings. The third-order valence-electron chi connectivity index (χ3n) is 5.22. The highest BCUT2D eigenvalue weighted by Gasteiger charge is 2.19. The van der Waals surface area contributed by atoms with E-state index in [9.17, 15) is 4.79 Å². The molecule has 0 fully saturated rings. The number of hydrogen-bond acceptors (Lipinski definition) is 4. The smallest absolute Gasteiger partial charge is 0.263 e. The number of benzene rings is 2. The SMILES string of the molecule is CCOc1ccc(-c2c(C)sc3nc(C)n(Cc4ccccc4C)c(=O)c23)cc1. The molecule has 0 spiro atoms. The molecule has 0 N–H and O–H groups in total. The molecule has 4 nitrogen and oxygen atoms in total. The quantitative estimate of drug-likeness (QED) is 0.441. The van der Waals surface area contributed by atoms with E-state index in [0.29, 0.717) is 18.5 Å². The summed E-state index contributed by atoms with van der Waals surface area (Å²) in [6.07, 6.45) is 0. The summed E-state index contributed by atoms with van der Waals surface area (Å²) in [5.41, 5.74) is 4.32. The number of ether oxygens (including phenoxy) is 1. The molecule has 0 bridgehead atoms. The van der Waals surface area contributed by atoms with E-state index in [4.69, 9.17) is 9.72 Å². The van der Waals surface area contributed by atoms with Crippen LogP contribution >= 0.6 is 11.3 Å². The van der Waals surface area contributed by atoms with Crippen LogP contribution in [0.2, 0.25) is 0 Å². The summed E-state index contributed by atoms with van der Waals surface area (Å²) in [4.78, 5) is 20.2. The van der Waals surface area contributed by atoms with Crippen LogP contribution in [-0.4, -0.2) is 16.2 Å². The lowest BCUT2D eigenvalue weighted by Gasteiger charge is -2.12. The van der Waals surface area contributed by atoms with Crippen molar-refractivity contribution in [3.63, 3.8) is 0 Å². The second-order valence-corrected chi connectivity index (χ2v) is 8.35. The van der Waals surface area contributed by atoms with Crippen molar-refractivity contribution in [1.82, 2.24) is 9.55 Å². The first kappa shape index (κ1) is 19.4. The van der Waals surface area contributed by atoms with Gasteiger partial charge in [-0.3, -0.25) is 9.36 Å². The molecule has 0 saturated heterocycles. The first-order valence-electron chi connectivity index (χ1n) is 9.78. The molecule has 0 aliphatic heterocycles. The van der Waals surface area contributed by atoms with E-state index in [1.54, 1.807) is 15.9 Å². The van der Waals surface area contributed by atoms with Gasteiger partial charge >= 0.3 is 0 Å². The largest absolute Gasteiger partial charge is 0.494 e. The van der Waals surface area contributed by atoms with Gasteiger partial charge in [-0.2, -0.15) is 0 Å². The summed E-state index contributed by atoms with van der Waals surface area (Å²) in [6, 6.07) is 16.1. The number of fused-ring (bicyclic) bond motifs is 1. The van der Waals surface area contributed by atoms with Gasteiger partial charge in [0, 0.05) is 10.4 Å². The minimum absolute atomic E-state index is 0.0176. The van der Waals surface area contributed by atoms with E-state index in [2.05, 4.69) is 26.0 Å². The van der Waals surface area contributed by atoms with Crippen molar-refractivity contribution in [2.75, 3.05) is 6.61 Å². The number of thiophene rings is 1. The summed E-state index contributed by atoms with van der Waals surface area (Å²) in [5, 5.41) is 0.704. The van der Waals surface area contributed by atoms with Gasteiger partial charge in [0.25, 0.3) is 5.56 Å². The zero-order valence-corrected chi connectivity index (χ0v) is 18.0. The fraction of sp³-hybridized carbons (Fsp3) is 0.250. The van der Waals surface area contributed by atoms with Crippen LogP contribution in [0, 0.1) is 20.8 Å². The van der Waals surface area contributed by atoms with Crippen molar-refractivity contribution < 1.29 is 4.74 Å². The van der Waals surface area contributed by atoms with Gasteiger partial charge < -0.3 is 4.74 Å². The minimum atomic E-state index is 0.0176. The van der Waals surface area contributed by atoms with Crippen LogP contribution < -0.4 is 10.3 Å². The zero-order valence-electron chi connectivity index (χ0n) is 17.2. The maximum atomic E-state index is 13.5. The Bertz CT molecular complexity index is 1240. The van der Waals surface area contributed by atoms with Crippen LogP contribution in [0.4, 0.5) is 0 Å². The Balaban J connectivity index is 1.87. The number of aromatic nitrogens is 2. The predicted octanol–water partition coefficient (Wildman–Crippen LogP) is 5.50. The molecule has 2 aromatic heterocycles. The summed E-state index contributed by atoms with van der Waals surface area (Å²) < 4.78 is 7.34. The Hall–Kier alpha value is -2.92. The highest BCUT2D eigenvalue weighted by atomic mass is 32.1. The van der Waals surface area contributed by atoms with Gasteiger partial charge in [0.15, 0.2) is 0 Å². The Morgan fingerprint density at radius 3 is 2.45 bits per heavy atom. The molecule has 0 aliphatic carbocycles. The lowest BCUT2D eigenvalue weighted by molar-refractivity contribution is 0.340. The second-order valence-electron chi connectivity index (χ2n) is 7.15. The number of hydrogen-bond donors (Lipinski definition) is 0. The van der Waals surface area contributed by atoms with Crippen LogP contribution in [0.1, 0.15) is 28.8 Å². The van der Waals surface area contributed by atoms with E-state index >= 15 is 0 Å². The summed E-state index contributed by atoms with van der Waals surface area (Å²) in [7, 11) is 0. The molecule has 4 aromatic rings. The molecular formula is C24H24N2O2S. The predicted molar refractivity (Wildman–Crippen MR) is 120 cm³/mol. The van der Waals surface area contributed by atoms with Crippen molar-refractivity contribution in [1.29, 1.82) is 0 Å². The van der Waals surface area contributed by atoms with Crippen LogP contribution in [-0.2, 0) is 6.54 Å². The summed E-state index contributed by atoms with van der Waals surface area (Å²) in [6.45, 7) is 9.16. The van der Waals surface area contributed by atoms with Gasteiger partial charge in [0.2, 0.25) is 0 Å². The average molecular weight is 405 g/mol. The molecule has 148 valence electrons. The molecular weight excluding hydrogens is 380 g/mol. The molecule has 4 rings (SSSR count). The molecule has 2 heterocycles. The van der Waals surface area contributed by atoms with Crippen molar-refractivity contribution >= 4 is 21.6 Å². The fourth-order valence-electron chi connectivity index (χ4n) is 3.67. The third-order valence-corrected chi connectivity index (χ3v) is 6.22. The van der Waals surface area contributed by atoms with Crippen LogP contribution in [0.3, 0.4) is 0 Å². The number of rotatable bonds is 5. The van der Waals surface area contributed by atoms with Crippen molar-refractivity contribution in [2.45, 2.75) is 34.2 Å². The van der Waals surface area contributed by atoms with Gasteiger partial charge in [-0.25, -0.2) is 4.98 Å². The first-order chi connectivity index (χ1) is 14.0. The van der Waals surface area contributed by atoms with E-state index in [0.717, 1.165) is 38.0 Å². The standard InChI is InChI=1S/C24H24N2O2S/c1-5-28-20-12-10-18(11-13-20)21-16(3)29-23-22(21)24(27)26(17(4)25-23)14-19-9-7-6-8-15(19)2/h6-13H,5,14H2,1-4H3. The second kappa shape index (κ2) is 7.84. The van der Waals surface area contributed by atoms with Crippen molar-refractivity contribution in [3.8, 4) is 16.9 Å². The molecule has 2 aromatic carbocycles. The number of nitrogens with zero attached hydrogens (tertiary/aromatic N) is 2. The zero-order chi connectivity index (χ0) is 20.5. The Morgan fingerprint density at radius 2 is 1.76 bits per heavy atom. The van der Waals surface area contributed by atoms with Crippen LogP contribution in [0.15, 0.2) is 53.3 Å². The molecule has 29 heavy (non-hydrogen) atoms. The van der Waals surface area contributed by atoms with Gasteiger partial charge in [0.1, 0.15) is 16.4 Å². The molecule has 0 radical (unpaired) electrons. The van der Waals surface area contributed by atoms with E-state index in [1.807, 2.05) is 50.2 Å². The maximum absolute atomic E-state index is 13.5. The Labute approximate surface area is 174 Å². The van der Waals surface area contributed by atoms with Crippen molar-refractivity contribution in [2.24, 2.45) is 0 Å². The molecule has 0 saturated carbocycles. The van der Waals surface area contributed by atoms with Gasteiger partial charge in [-0.15, -0.1) is 11.3 Å². The van der Waals surface area contributed by atoms with Crippen LogP contribution in [0.5, 0.6) is 5.75 Å². The Morgan fingerprint density at radius 1 is 1.03 bits per heavy atom. The summed E-state index contributed by atoms with van der Waals surface area (Å²) in [5.74, 6) is 1.57. The van der Waals surface area contributed by atoms with Gasteiger partial charge in [-0.1, -0.05) is 36.4 Å². The van der Waals surface area contributed by atoms with E-state index in [-0.39, 0.29) is 5.56 Å². The highest BCUT2D eigenvalue weighted by molar-refractivity contribution is 7.19. The minimum Gasteiger partial charge on any atom is -0.494 e. The third kappa shape index (κ3) is 3.58. The number of aryl methyl sites for hydroxylation is 3. The molecule has 0 amide bonds. The lowest BCUT2D eigenvalue weighted by atomic mass is 10.0. The molecule has 5 heteroatoms. The highest BCUT2D eigenvalue weighted by Crippen LogP contribution is 2.36. The van der Waals surface area contributed by atoms with Crippen molar-refractivity contribution in [3.05, 3.63) is 80.7 Å².